The van der Waals surface area contributed by atoms with E-state index < -0.39 is 11.7 Å². The van der Waals surface area contributed by atoms with Gasteiger partial charge in [0.2, 0.25) is 11.8 Å². The number of alkyl halides is 3. The lowest BCUT2D eigenvalue weighted by Gasteiger charge is -2.33. The van der Waals surface area contributed by atoms with Gasteiger partial charge in [-0.25, -0.2) is 0 Å². The second-order valence-electron chi connectivity index (χ2n) is 7.16. The molecule has 5 nitrogen and oxygen atoms in total. The van der Waals surface area contributed by atoms with E-state index in [2.05, 4.69) is 6.58 Å². The summed E-state index contributed by atoms with van der Waals surface area (Å²) in [7, 11) is 0. The van der Waals surface area contributed by atoms with Crippen LogP contribution in [0.1, 0.15) is 24.8 Å². The number of hydrogen-bond acceptors (Lipinski definition) is 3. The van der Waals surface area contributed by atoms with Crippen LogP contribution in [0, 0.1) is 5.92 Å². The van der Waals surface area contributed by atoms with Crippen LogP contribution in [-0.2, 0) is 15.8 Å². The highest BCUT2D eigenvalue weighted by Gasteiger charge is 2.37. The largest absolute Gasteiger partial charge is 0.490 e. The lowest BCUT2D eigenvalue weighted by atomic mass is 10.0. The molecule has 0 N–H and O–H groups in total. The van der Waals surface area contributed by atoms with Gasteiger partial charge in [0, 0.05) is 45.4 Å². The van der Waals surface area contributed by atoms with E-state index >= 15 is 0 Å². The summed E-state index contributed by atoms with van der Waals surface area (Å²) in [6, 6.07) is 4.83. The molecule has 1 unspecified atom stereocenters. The third-order valence-electron chi connectivity index (χ3n) is 5.13. The Labute approximate surface area is 161 Å². The minimum atomic E-state index is -4.41. The molecular formula is C20H23F3N2O3. The molecule has 1 atom stereocenters. The standard InChI is InChI=1S/C20H23F3N2O3/c1-2-8-25-13-14(11-18(25)26)19(27)24-9-6-16(7-10-24)28-17-5-3-4-15(12-17)20(21,22)23/h2-5,12,14,16H,1,6-11,13H2. The number of ether oxygens (including phenoxy) is 1. The number of piperidine rings is 1. The Morgan fingerprint density at radius 2 is 2.00 bits per heavy atom. The lowest BCUT2D eigenvalue weighted by molar-refractivity contribution is -0.138. The Morgan fingerprint density at radius 1 is 1.29 bits per heavy atom. The van der Waals surface area contributed by atoms with Crippen LogP contribution in [-0.4, -0.2) is 53.9 Å². The van der Waals surface area contributed by atoms with Gasteiger partial charge in [-0.05, 0) is 18.2 Å². The van der Waals surface area contributed by atoms with Crippen molar-refractivity contribution in [1.29, 1.82) is 0 Å². The topological polar surface area (TPSA) is 49.9 Å². The van der Waals surface area contributed by atoms with E-state index in [1.807, 2.05) is 0 Å². The minimum absolute atomic E-state index is 0.0407. The number of benzene rings is 1. The van der Waals surface area contributed by atoms with Gasteiger partial charge in [0.25, 0.3) is 0 Å². The summed E-state index contributed by atoms with van der Waals surface area (Å²) >= 11 is 0. The summed E-state index contributed by atoms with van der Waals surface area (Å²) in [5.74, 6) is -0.243. The number of halogens is 3. The number of carbonyl (C=O) groups excluding carboxylic acids is 2. The van der Waals surface area contributed by atoms with Crippen molar-refractivity contribution in [3.8, 4) is 5.75 Å². The van der Waals surface area contributed by atoms with Crippen LogP contribution in [0.5, 0.6) is 5.75 Å². The molecule has 0 saturated carbocycles. The van der Waals surface area contributed by atoms with Gasteiger partial charge >= 0.3 is 6.18 Å². The van der Waals surface area contributed by atoms with Crippen LogP contribution in [0.4, 0.5) is 13.2 Å². The first-order valence-corrected chi connectivity index (χ1v) is 9.29. The van der Waals surface area contributed by atoms with Gasteiger partial charge in [0.05, 0.1) is 11.5 Å². The van der Waals surface area contributed by atoms with Crippen molar-refractivity contribution in [1.82, 2.24) is 9.80 Å². The van der Waals surface area contributed by atoms with Gasteiger partial charge in [-0.15, -0.1) is 6.58 Å². The zero-order valence-electron chi connectivity index (χ0n) is 15.5. The Kier molecular flexibility index (Phi) is 5.96. The zero-order valence-corrected chi connectivity index (χ0v) is 15.5. The second-order valence-corrected chi connectivity index (χ2v) is 7.16. The number of hydrogen-bond donors (Lipinski definition) is 0. The van der Waals surface area contributed by atoms with Gasteiger partial charge in [0.1, 0.15) is 11.9 Å². The van der Waals surface area contributed by atoms with Gasteiger partial charge in [0.15, 0.2) is 0 Å². The van der Waals surface area contributed by atoms with E-state index in [1.54, 1.807) is 15.9 Å². The van der Waals surface area contributed by atoms with Gasteiger partial charge in [-0.3, -0.25) is 9.59 Å². The predicted molar refractivity (Wildman–Crippen MR) is 96.6 cm³/mol. The molecule has 8 heteroatoms. The molecule has 2 amide bonds. The number of rotatable bonds is 5. The second kappa shape index (κ2) is 8.24. The molecule has 28 heavy (non-hydrogen) atoms. The molecule has 0 aliphatic carbocycles. The third kappa shape index (κ3) is 4.66. The summed E-state index contributed by atoms with van der Waals surface area (Å²) in [4.78, 5) is 27.9. The van der Waals surface area contributed by atoms with Gasteiger partial charge in [-0.2, -0.15) is 13.2 Å². The maximum absolute atomic E-state index is 12.8. The molecule has 2 saturated heterocycles. The molecule has 2 heterocycles. The van der Waals surface area contributed by atoms with Crippen molar-refractivity contribution in [2.45, 2.75) is 31.5 Å². The lowest BCUT2D eigenvalue weighted by Crippen LogP contribution is -2.44. The van der Waals surface area contributed by atoms with Crippen molar-refractivity contribution in [2.75, 3.05) is 26.2 Å². The van der Waals surface area contributed by atoms with Crippen molar-refractivity contribution >= 4 is 11.8 Å². The van der Waals surface area contributed by atoms with E-state index in [-0.39, 0.29) is 36.0 Å². The highest BCUT2D eigenvalue weighted by molar-refractivity contribution is 5.89. The summed E-state index contributed by atoms with van der Waals surface area (Å²) in [5.41, 5.74) is -0.743. The molecular weight excluding hydrogens is 373 g/mol. The molecule has 152 valence electrons. The van der Waals surface area contributed by atoms with E-state index in [9.17, 15) is 22.8 Å². The van der Waals surface area contributed by atoms with E-state index in [0.29, 0.717) is 39.0 Å². The summed E-state index contributed by atoms with van der Waals surface area (Å²) in [6.45, 7) is 5.40. The fourth-order valence-electron chi connectivity index (χ4n) is 3.66. The number of likely N-dealkylation sites (tertiary alicyclic amines) is 2. The maximum atomic E-state index is 12.8. The fraction of sp³-hybridized carbons (Fsp3) is 0.500. The normalized spacial score (nSPS) is 21.1. The molecule has 1 aromatic rings. The fourth-order valence-corrected chi connectivity index (χ4v) is 3.66. The minimum Gasteiger partial charge on any atom is -0.490 e. The molecule has 2 fully saturated rings. The van der Waals surface area contributed by atoms with Crippen LogP contribution >= 0.6 is 0 Å². The molecule has 0 radical (unpaired) electrons. The van der Waals surface area contributed by atoms with E-state index in [1.165, 1.54) is 12.1 Å². The van der Waals surface area contributed by atoms with Gasteiger partial charge in [-0.1, -0.05) is 12.1 Å². The highest BCUT2D eigenvalue weighted by atomic mass is 19.4. The van der Waals surface area contributed by atoms with Crippen molar-refractivity contribution < 1.29 is 27.5 Å². The average molecular weight is 396 g/mol. The Hall–Kier alpha value is -2.51. The first-order valence-electron chi connectivity index (χ1n) is 9.29. The average Bonchev–Trinajstić information content (AvgIpc) is 3.02. The first kappa shape index (κ1) is 20.2. The summed E-state index contributed by atoms with van der Waals surface area (Å²) < 4.78 is 44.1. The number of nitrogens with zero attached hydrogens (tertiary/aromatic N) is 2. The van der Waals surface area contributed by atoms with Crippen molar-refractivity contribution in [3.63, 3.8) is 0 Å². The smallest absolute Gasteiger partial charge is 0.416 e. The molecule has 0 bridgehead atoms. The number of amides is 2. The zero-order chi connectivity index (χ0) is 20.3. The summed E-state index contributed by atoms with van der Waals surface area (Å²) in [6.07, 6.45) is -1.71. The molecule has 0 aromatic heterocycles. The Morgan fingerprint density at radius 3 is 2.64 bits per heavy atom. The molecule has 3 rings (SSSR count). The van der Waals surface area contributed by atoms with Crippen LogP contribution in [0.15, 0.2) is 36.9 Å². The summed E-state index contributed by atoms with van der Waals surface area (Å²) in [5, 5.41) is 0. The van der Waals surface area contributed by atoms with Crippen LogP contribution in [0.3, 0.4) is 0 Å². The Balaban J connectivity index is 1.52. The van der Waals surface area contributed by atoms with E-state index in [4.69, 9.17) is 4.74 Å². The monoisotopic (exact) mass is 396 g/mol. The molecule has 2 aliphatic rings. The quantitative estimate of drug-likeness (QED) is 0.719. The first-order chi connectivity index (χ1) is 13.3. The third-order valence-corrected chi connectivity index (χ3v) is 5.13. The van der Waals surface area contributed by atoms with Crippen LogP contribution < -0.4 is 4.74 Å². The van der Waals surface area contributed by atoms with Crippen molar-refractivity contribution in [2.24, 2.45) is 5.92 Å². The Bertz CT molecular complexity index is 742. The van der Waals surface area contributed by atoms with Crippen LogP contribution in [0.25, 0.3) is 0 Å². The van der Waals surface area contributed by atoms with Crippen LogP contribution in [0.2, 0.25) is 0 Å². The molecule has 0 spiro atoms. The maximum Gasteiger partial charge on any atom is 0.416 e. The molecule has 1 aromatic carbocycles. The highest BCUT2D eigenvalue weighted by Crippen LogP contribution is 2.32. The SMILES string of the molecule is C=CCN1CC(C(=O)N2CCC(Oc3cccc(C(F)(F)F)c3)CC2)CC1=O. The number of carbonyl (C=O) groups is 2. The van der Waals surface area contributed by atoms with Gasteiger partial charge < -0.3 is 14.5 Å². The van der Waals surface area contributed by atoms with Crippen molar-refractivity contribution in [3.05, 3.63) is 42.5 Å². The predicted octanol–water partition coefficient (Wildman–Crippen LogP) is 3.11. The molecule has 2 aliphatic heterocycles. The van der Waals surface area contributed by atoms with E-state index in [0.717, 1.165) is 12.1 Å².